The number of piperidine rings is 1. The highest BCUT2D eigenvalue weighted by Crippen LogP contribution is 2.30. The molecule has 0 aromatic carbocycles. The molecule has 0 unspecified atom stereocenters. The molecule has 0 aliphatic carbocycles. The molecule has 2 saturated heterocycles. The van der Waals surface area contributed by atoms with Crippen LogP contribution in [-0.2, 0) is 16.0 Å². The highest BCUT2D eigenvalue weighted by molar-refractivity contribution is 5.87. The van der Waals surface area contributed by atoms with Gasteiger partial charge in [-0.2, -0.15) is 0 Å². The number of rotatable bonds is 2. The molecule has 2 aliphatic rings. The van der Waals surface area contributed by atoms with Gasteiger partial charge in [-0.3, -0.25) is 19.5 Å². The molecule has 1 aromatic heterocycles. The zero-order chi connectivity index (χ0) is 16.3. The maximum absolute atomic E-state index is 12.5. The fourth-order valence-corrected chi connectivity index (χ4v) is 3.59. The highest BCUT2D eigenvalue weighted by Gasteiger charge is 2.45. The third-order valence-electron chi connectivity index (χ3n) is 5.16. The first kappa shape index (κ1) is 15.9. The van der Waals surface area contributed by atoms with Crippen molar-refractivity contribution in [3.63, 3.8) is 0 Å². The molecule has 0 saturated carbocycles. The van der Waals surface area contributed by atoms with E-state index in [0.717, 1.165) is 25.1 Å². The third kappa shape index (κ3) is 3.22. The van der Waals surface area contributed by atoms with Gasteiger partial charge in [0, 0.05) is 38.6 Å². The minimum atomic E-state index is -0.441. The van der Waals surface area contributed by atoms with Gasteiger partial charge in [0.25, 0.3) is 0 Å². The van der Waals surface area contributed by atoms with E-state index in [9.17, 15) is 9.59 Å². The molecule has 0 radical (unpaired) electrons. The van der Waals surface area contributed by atoms with Gasteiger partial charge in [-0.05, 0) is 44.0 Å². The Morgan fingerprint density at radius 1 is 1.26 bits per heavy atom. The monoisotopic (exact) mass is 316 g/mol. The Hall–Kier alpha value is -1.95. The lowest BCUT2D eigenvalue weighted by Gasteiger charge is -2.45. The number of amides is 2. The molecule has 0 atom stereocenters. The number of nitrogens with zero attached hydrogens (tertiary/aromatic N) is 3. The second-order valence-electron chi connectivity index (χ2n) is 6.48. The number of hydrogen-bond acceptors (Lipinski definition) is 4. The van der Waals surface area contributed by atoms with E-state index in [1.807, 2.05) is 24.1 Å². The summed E-state index contributed by atoms with van der Waals surface area (Å²) in [6.45, 7) is 2.95. The normalized spacial score (nSPS) is 21.8. The van der Waals surface area contributed by atoms with Gasteiger partial charge in [0.05, 0.1) is 6.42 Å². The number of aromatic nitrogens is 1. The number of carbonyl (C=O) groups is 2. The molecule has 3 heterocycles. The molecule has 2 amide bonds. The Morgan fingerprint density at radius 3 is 2.65 bits per heavy atom. The van der Waals surface area contributed by atoms with Crippen LogP contribution in [-0.4, -0.2) is 65.4 Å². The Balaban J connectivity index is 1.63. The lowest BCUT2D eigenvalue weighted by molar-refractivity contribution is -0.141. The fourth-order valence-electron chi connectivity index (χ4n) is 3.59. The second kappa shape index (κ2) is 6.66. The van der Waals surface area contributed by atoms with E-state index in [-0.39, 0.29) is 11.8 Å². The summed E-state index contributed by atoms with van der Waals surface area (Å²) >= 11 is 0. The molecule has 124 valence electrons. The van der Waals surface area contributed by atoms with Crippen LogP contribution < -0.4 is 5.32 Å². The first-order valence-electron chi connectivity index (χ1n) is 8.28. The van der Waals surface area contributed by atoms with E-state index in [0.29, 0.717) is 32.4 Å². The molecule has 0 bridgehead atoms. The van der Waals surface area contributed by atoms with Gasteiger partial charge in [-0.1, -0.05) is 0 Å². The van der Waals surface area contributed by atoms with Crippen LogP contribution >= 0.6 is 0 Å². The standard InChI is InChI=1S/C17H24N4O2/c1-20-10-2-7-19-16(23)17(20)5-11-21(12-6-17)15(22)13-14-3-8-18-9-4-14/h3-4,8-9H,2,5-7,10-13H2,1H3,(H,19,23). The number of hydrogen-bond donors (Lipinski definition) is 1. The maximum Gasteiger partial charge on any atom is 0.240 e. The van der Waals surface area contributed by atoms with Crippen LogP contribution in [0.3, 0.4) is 0 Å². The van der Waals surface area contributed by atoms with Gasteiger partial charge in [-0.25, -0.2) is 0 Å². The first-order chi connectivity index (χ1) is 11.1. The van der Waals surface area contributed by atoms with Crippen LogP contribution in [0.1, 0.15) is 24.8 Å². The second-order valence-corrected chi connectivity index (χ2v) is 6.48. The summed E-state index contributed by atoms with van der Waals surface area (Å²) in [6, 6.07) is 3.74. The van der Waals surface area contributed by atoms with E-state index in [1.54, 1.807) is 12.4 Å². The summed E-state index contributed by atoms with van der Waals surface area (Å²) in [6.07, 6.45) is 6.21. The SMILES string of the molecule is CN1CCCNC(=O)C12CCN(C(=O)Cc1ccncc1)CC2. The Morgan fingerprint density at radius 2 is 1.96 bits per heavy atom. The Labute approximate surface area is 136 Å². The van der Waals surface area contributed by atoms with Crippen LogP contribution in [0, 0.1) is 0 Å². The predicted molar refractivity (Wildman–Crippen MR) is 86.7 cm³/mol. The Bertz CT molecular complexity index is 567. The largest absolute Gasteiger partial charge is 0.354 e. The number of carbonyl (C=O) groups excluding carboxylic acids is 2. The average Bonchev–Trinajstić information content (AvgIpc) is 2.70. The summed E-state index contributed by atoms with van der Waals surface area (Å²) in [5.41, 5.74) is 0.541. The molecule has 6 heteroatoms. The van der Waals surface area contributed by atoms with Crippen LogP contribution in [0.5, 0.6) is 0 Å². The van der Waals surface area contributed by atoms with E-state index in [1.165, 1.54) is 0 Å². The van der Waals surface area contributed by atoms with Crippen molar-refractivity contribution < 1.29 is 9.59 Å². The van der Waals surface area contributed by atoms with Gasteiger partial charge < -0.3 is 10.2 Å². The van der Waals surface area contributed by atoms with Crippen LogP contribution in [0.15, 0.2) is 24.5 Å². The minimum Gasteiger partial charge on any atom is -0.354 e. The summed E-state index contributed by atoms with van der Waals surface area (Å²) in [5, 5.41) is 3.03. The maximum atomic E-state index is 12.5. The molecular weight excluding hydrogens is 292 g/mol. The van der Waals surface area contributed by atoms with Crippen LogP contribution in [0.25, 0.3) is 0 Å². The number of pyridine rings is 1. The lowest BCUT2D eigenvalue weighted by Crippen LogP contribution is -2.61. The molecular formula is C17H24N4O2. The quantitative estimate of drug-likeness (QED) is 0.860. The van der Waals surface area contributed by atoms with Crippen molar-refractivity contribution in [1.82, 2.24) is 20.1 Å². The van der Waals surface area contributed by atoms with Crippen molar-refractivity contribution in [2.45, 2.75) is 31.2 Å². The first-order valence-corrected chi connectivity index (χ1v) is 8.28. The van der Waals surface area contributed by atoms with E-state index in [4.69, 9.17) is 0 Å². The summed E-state index contributed by atoms with van der Waals surface area (Å²) in [4.78, 5) is 33.0. The Kier molecular flexibility index (Phi) is 4.61. The van der Waals surface area contributed by atoms with E-state index < -0.39 is 5.54 Å². The van der Waals surface area contributed by atoms with Crippen LogP contribution in [0.2, 0.25) is 0 Å². The molecule has 1 aromatic rings. The molecule has 3 rings (SSSR count). The smallest absolute Gasteiger partial charge is 0.240 e. The average molecular weight is 316 g/mol. The summed E-state index contributed by atoms with van der Waals surface area (Å²) in [7, 11) is 2.03. The van der Waals surface area contributed by atoms with Crippen molar-refractivity contribution in [2.24, 2.45) is 0 Å². The van der Waals surface area contributed by atoms with Crippen molar-refractivity contribution in [3.8, 4) is 0 Å². The van der Waals surface area contributed by atoms with Gasteiger partial charge in [0.15, 0.2) is 0 Å². The zero-order valence-corrected chi connectivity index (χ0v) is 13.6. The highest BCUT2D eigenvalue weighted by atomic mass is 16.2. The topological polar surface area (TPSA) is 65.5 Å². The van der Waals surface area contributed by atoms with Gasteiger partial charge in [0.2, 0.25) is 11.8 Å². The van der Waals surface area contributed by atoms with Crippen LogP contribution in [0.4, 0.5) is 0 Å². The fraction of sp³-hybridized carbons (Fsp3) is 0.588. The van der Waals surface area contributed by atoms with Crippen molar-refractivity contribution in [1.29, 1.82) is 0 Å². The van der Waals surface area contributed by atoms with Gasteiger partial charge in [0.1, 0.15) is 5.54 Å². The number of nitrogens with one attached hydrogen (secondary N) is 1. The predicted octanol–water partition coefficient (Wildman–Crippen LogP) is 0.437. The molecule has 2 aliphatic heterocycles. The molecule has 6 nitrogen and oxygen atoms in total. The zero-order valence-electron chi connectivity index (χ0n) is 13.6. The van der Waals surface area contributed by atoms with Gasteiger partial charge >= 0.3 is 0 Å². The number of likely N-dealkylation sites (tertiary alicyclic amines) is 1. The molecule has 1 N–H and O–H groups in total. The molecule has 1 spiro atoms. The van der Waals surface area contributed by atoms with Crippen molar-refractivity contribution in [3.05, 3.63) is 30.1 Å². The minimum absolute atomic E-state index is 0.124. The molecule has 2 fully saturated rings. The van der Waals surface area contributed by atoms with Crippen molar-refractivity contribution >= 4 is 11.8 Å². The van der Waals surface area contributed by atoms with Crippen molar-refractivity contribution in [2.75, 3.05) is 33.2 Å². The van der Waals surface area contributed by atoms with Gasteiger partial charge in [-0.15, -0.1) is 0 Å². The van der Waals surface area contributed by atoms with E-state index in [2.05, 4.69) is 15.2 Å². The lowest BCUT2D eigenvalue weighted by atomic mass is 9.85. The van der Waals surface area contributed by atoms with E-state index >= 15 is 0 Å². The molecule has 23 heavy (non-hydrogen) atoms. The third-order valence-corrected chi connectivity index (χ3v) is 5.16. The summed E-state index contributed by atoms with van der Waals surface area (Å²) in [5.74, 6) is 0.251. The number of likely N-dealkylation sites (N-methyl/N-ethyl adjacent to an activating group) is 1. The summed E-state index contributed by atoms with van der Waals surface area (Å²) < 4.78 is 0.